The molecule has 1 aliphatic heterocycles. The first-order valence-electron chi connectivity index (χ1n) is 10.9. The van der Waals surface area contributed by atoms with Crippen molar-refractivity contribution in [1.82, 2.24) is 25.2 Å². The lowest BCUT2D eigenvalue weighted by molar-refractivity contribution is -0.169. The van der Waals surface area contributed by atoms with E-state index in [1.54, 1.807) is 30.6 Å². The number of anilines is 1. The van der Waals surface area contributed by atoms with Gasteiger partial charge in [0.05, 0.1) is 11.6 Å². The first-order chi connectivity index (χ1) is 16.7. The molecule has 1 fully saturated rings. The Morgan fingerprint density at radius 1 is 1.09 bits per heavy atom. The van der Waals surface area contributed by atoms with Crippen LogP contribution in [-0.4, -0.2) is 58.1 Å². The van der Waals surface area contributed by atoms with Crippen LogP contribution in [0.4, 0.5) is 23.7 Å². The maximum Gasteiger partial charge on any atom is 0.393 e. The van der Waals surface area contributed by atoms with Crippen molar-refractivity contribution in [1.29, 1.82) is 0 Å². The minimum absolute atomic E-state index is 0.0532. The molecule has 0 saturated carbocycles. The monoisotopic (exact) mass is 484 g/mol. The lowest BCUT2D eigenvalue weighted by Crippen LogP contribution is -2.35. The third-order valence-corrected chi connectivity index (χ3v) is 5.90. The summed E-state index contributed by atoms with van der Waals surface area (Å²) in [5.74, 6) is -1.84. The van der Waals surface area contributed by atoms with Crippen molar-refractivity contribution in [2.24, 2.45) is 5.92 Å². The van der Waals surface area contributed by atoms with Gasteiger partial charge < -0.3 is 15.5 Å². The molecule has 0 unspecified atom stereocenters. The van der Waals surface area contributed by atoms with Crippen molar-refractivity contribution in [2.75, 3.05) is 25.5 Å². The van der Waals surface area contributed by atoms with Crippen molar-refractivity contribution in [3.05, 3.63) is 60.3 Å². The van der Waals surface area contributed by atoms with E-state index in [9.17, 15) is 22.8 Å². The topological polar surface area (TPSA) is 100 Å². The van der Waals surface area contributed by atoms with Crippen LogP contribution in [0.5, 0.6) is 0 Å². The maximum absolute atomic E-state index is 13.0. The number of aryl methyl sites for hydroxylation is 1. The molecule has 0 bridgehead atoms. The van der Waals surface area contributed by atoms with E-state index in [-0.39, 0.29) is 31.1 Å². The second-order valence-corrected chi connectivity index (χ2v) is 8.26. The molecule has 0 spiro atoms. The lowest BCUT2D eigenvalue weighted by Gasteiger charge is -2.19. The Labute approximate surface area is 199 Å². The SMILES string of the molecule is CNC(=O)c1cc(-c2cncc(-c3cc(NC(=O)N4CC[C@H](C(F)(F)F)C4)ccc3C)c2)ncn1. The number of carbonyl (C=O) groups is 2. The number of halogens is 3. The normalized spacial score (nSPS) is 15.7. The van der Waals surface area contributed by atoms with E-state index < -0.39 is 18.1 Å². The highest BCUT2D eigenvalue weighted by atomic mass is 19.4. The Bertz CT molecular complexity index is 1260. The molecule has 1 saturated heterocycles. The zero-order valence-electron chi connectivity index (χ0n) is 19.1. The van der Waals surface area contributed by atoms with Gasteiger partial charge in [-0.15, -0.1) is 0 Å². The van der Waals surface area contributed by atoms with Gasteiger partial charge in [0.25, 0.3) is 5.91 Å². The number of alkyl halides is 3. The summed E-state index contributed by atoms with van der Waals surface area (Å²) in [6.45, 7) is 1.60. The van der Waals surface area contributed by atoms with Crippen molar-refractivity contribution >= 4 is 17.6 Å². The van der Waals surface area contributed by atoms with Gasteiger partial charge in [0.2, 0.25) is 0 Å². The third-order valence-electron chi connectivity index (χ3n) is 5.90. The maximum atomic E-state index is 13.0. The molecule has 2 aromatic heterocycles. The zero-order valence-corrected chi connectivity index (χ0v) is 19.1. The van der Waals surface area contributed by atoms with Crippen LogP contribution in [0.1, 0.15) is 22.5 Å². The predicted molar refractivity (Wildman–Crippen MR) is 124 cm³/mol. The molecular weight excluding hydrogens is 461 g/mol. The number of urea groups is 1. The largest absolute Gasteiger partial charge is 0.393 e. The number of benzene rings is 1. The first-order valence-corrected chi connectivity index (χ1v) is 10.9. The second-order valence-electron chi connectivity index (χ2n) is 8.26. The molecule has 1 aliphatic rings. The van der Waals surface area contributed by atoms with E-state index in [0.717, 1.165) is 16.7 Å². The molecule has 1 atom stereocenters. The number of likely N-dealkylation sites (tertiary alicyclic amines) is 1. The highest BCUT2D eigenvalue weighted by molar-refractivity contribution is 5.93. The molecule has 3 amide bonds. The number of pyridine rings is 1. The Hall–Kier alpha value is -4.02. The van der Waals surface area contributed by atoms with Crippen LogP contribution in [0.3, 0.4) is 0 Å². The fraction of sp³-hybridized carbons (Fsp3) is 0.292. The summed E-state index contributed by atoms with van der Waals surface area (Å²) in [6.07, 6.45) is 0.168. The number of amides is 3. The predicted octanol–water partition coefficient (Wildman–Crippen LogP) is 4.29. The van der Waals surface area contributed by atoms with Crippen LogP contribution in [0, 0.1) is 12.8 Å². The highest BCUT2D eigenvalue weighted by Gasteiger charge is 2.44. The minimum atomic E-state index is -4.31. The Morgan fingerprint density at radius 2 is 1.86 bits per heavy atom. The molecule has 4 rings (SSSR count). The second kappa shape index (κ2) is 9.69. The van der Waals surface area contributed by atoms with Gasteiger partial charge in [-0.05, 0) is 48.7 Å². The van der Waals surface area contributed by atoms with Gasteiger partial charge >= 0.3 is 12.2 Å². The summed E-state index contributed by atoms with van der Waals surface area (Å²) in [6, 6.07) is 8.11. The number of aromatic nitrogens is 3. The molecule has 182 valence electrons. The fourth-order valence-electron chi connectivity index (χ4n) is 3.92. The number of hydrogen-bond donors (Lipinski definition) is 2. The summed E-state index contributed by atoms with van der Waals surface area (Å²) in [5, 5.41) is 5.22. The van der Waals surface area contributed by atoms with Gasteiger partial charge in [0.15, 0.2) is 0 Å². The minimum Gasteiger partial charge on any atom is -0.354 e. The molecule has 2 N–H and O–H groups in total. The van der Waals surface area contributed by atoms with E-state index >= 15 is 0 Å². The molecule has 8 nitrogen and oxygen atoms in total. The Kier molecular flexibility index (Phi) is 6.68. The molecule has 3 aromatic rings. The van der Waals surface area contributed by atoms with Crippen molar-refractivity contribution < 1.29 is 22.8 Å². The smallest absolute Gasteiger partial charge is 0.354 e. The first kappa shape index (κ1) is 24.1. The number of nitrogens with zero attached hydrogens (tertiary/aromatic N) is 4. The van der Waals surface area contributed by atoms with Crippen LogP contribution in [-0.2, 0) is 0 Å². The number of rotatable bonds is 4. The average molecular weight is 484 g/mol. The average Bonchev–Trinajstić information content (AvgIpc) is 3.36. The zero-order chi connectivity index (χ0) is 25.2. The van der Waals surface area contributed by atoms with Gasteiger partial charge in [-0.2, -0.15) is 13.2 Å². The standard InChI is InChI=1S/C24H23F3N6O2/c1-14-3-4-18(32-23(35)33-6-5-17(12-33)24(25,26)27)8-19(14)15-7-16(11-29-10-15)20-9-21(22(34)28-2)31-13-30-20/h3-4,7-11,13,17H,5-6,12H2,1-2H3,(H,28,34)(H,32,35)/t17-/m0/s1. The number of nitrogens with one attached hydrogen (secondary N) is 2. The van der Waals surface area contributed by atoms with Crippen molar-refractivity contribution in [3.63, 3.8) is 0 Å². The van der Waals surface area contributed by atoms with Gasteiger partial charge in [0, 0.05) is 49.3 Å². The lowest BCUT2D eigenvalue weighted by atomic mass is 9.99. The molecule has 3 heterocycles. The van der Waals surface area contributed by atoms with E-state index in [2.05, 4.69) is 25.6 Å². The van der Waals surface area contributed by atoms with E-state index in [4.69, 9.17) is 0 Å². The van der Waals surface area contributed by atoms with Gasteiger partial charge in [-0.1, -0.05) is 6.07 Å². The fourth-order valence-corrected chi connectivity index (χ4v) is 3.92. The van der Waals surface area contributed by atoms with E-state index in [1.807, 2.05) is 19.1 Å². The van der Waals surface area contributed by atoms with Gasteiger partial charge in [-0.3, -0.25) is 9.78 Å². The Balaban J connectivity index is 1.56. The van der Waals surface area contributed by atoms with Crippen LogP contribution >= 0.6 is 0 Å². The summed E-state index contributed by atoms with van der Waals surface area (Å²) >= 11 is 0. The van der Waals surface area contributed by atoms with E-state index in [1.165, 1.54) is 18.3 Å². The van der Waals surface area contributed by atoms with Crippen molar-refractivity contribution in [3.8, 4) is 22.4 Å². The molecule has 35 heavy (non-hydrogen) atoms. The summed E-state index contributed by atoms with van der Waals surface area (Å²) < 4.78 is 38.9. The molecule has 1 aromatic carbocycles. The quantitative estimate of drug-likeness (QED) is 0.576. The summed E-state index contributed by atoms with van der Waals surface area (Å²) in [5.41, 5.74) is 4.30. The third kappa shape index (κ3) is 5.39. The highest BCUT2D eigenvalue weighted by Crippen LogP contribution is 2.34. The van der Waals surface area contributed by atoms with Crippen LogP contribution in [0.2, 0.25) is 0 Å². The van der Waals surface area contributed by atoms with Crippen LogP contribution in [0.25, 0.3) is 22.4 Å². The number of hydrogen-bond acceptors (Lipinski definition) is 5. The molecule has 0 radical (unpaired) electrons. The van der Waals surface area contributed by atoms with Crippen LogP contribution in [0.15, 0.2) is 49.1 Å². The van der Waals surface area contributed by atoms with Gasteiger partial charge in [0.1, 0.15) is 12.0 Å². The molecule has 11 heteroatoms. The number of carbonyl (C=O) groups excluding carboxylic acids is 2. The molecular formula is C24H23F3N6O2. The Morgan fingerprint density at radius 3 is 2.57 bits per heavy atom. The van der Waals surface area contributed by atoms with Crippen molar-refractivity contribution in [2.45, 2.75) is 19.5 Å². The van der Waals surface area contributed by atoms with Crippen LogP contribution < -0.4 is 10.6 Å². The van der Waals surface area contributed by atoms with Gasteiger partial charge in [-0.25, -0.2) is 14.8 Å². The molecule has 0 aliphatic carbocycles. The summed E-state index contributed by atoms with van der Waals surface area (Å²) in [7, 11) is 1.51. The summed E-state index contributed by atoms with van der Waals surface area (Å²) in [4.78, 5) is 38.1. The van der Waals surface area contributed by atoms with E-state index in [0.29, 0.717) is 16.9 Å².